The molecule has 102 valence electrons. The molecule has 1 heterocycles. The van der Waals surface area contributed by atoms with Crippen LogP contribution in [0.2, 0.25) is 0 Å². The SMILES string of the molecule is CCCc1c(N)n[nH]c1-c1ccccc1OC(F)F. The van der Waals surface area contributed by atoms with Crippen molar-refractivity contribution < 1.29 is 13.5 Å². The van der Waals surface area contributed by atoms with E-state index in [9.17, 15) is 8.78 Å². The minimum absolute atomic E-state index is 0.110. The average molecular weight is 267 g/mol. The molecule has 0 amide bonds. The van der Waals surface area contributed by atoms with E-state index < -0.39 is 6.61 Å². The first-order valence-corrected chi connectivity index (χ1v) is 6.00. The summed E-state index contributed by atoms with van der Waals surface area (Å²) in [4.78, 5) is 0. The Morgan fingerprint density at radius 2 is 2.11 bits per heavy atom. The molecule has 3 N–H and O–H groups in total. The monoisotopic (exact) mass is 267 g/mol. The van der Waals surface area contributed by atoms with Crippen LogP contribution in [0, 0.1) is 0 Å². The van der Waals surface area contributed by atoms with Gasteiger partial charge in [0.15, 0.2) is 0 Å². The fourth-order valence-electron chi connectivity index (χ4n) is 1.98. The number of hydrogen-bond donors (Lipinski definition) is 2. The Kier molecular flexibility index (Phi) is 3.99. The van der Waals surface area contributed by atoms with Gasteiger partial charge in [-0.3, -0.25) is 5.10 Å². The van der Waals surface area contributed by atoms with E-state index in [1.54, 1.807) is 18.2 Å². The molecule has 0 aliphatic rings. The molecule has 19 heavy (non-hydrogen) atoms. The summed E-state index contributed by atoms with van der Waals surface area (Å²) in [7, 11) is 0. The van der Waals surface area contributed by atoms with Crippen molar-refractivity contribution in [3.8, 4) is 17.0 Å². The molecule has 0 saturated heterocycles. The number of nitrogens with two attached hydrogens (primary N) is 1. The van der Waals surface area contributed by atoms with Gasteiger partial charge in [0.05, 0.1) is 5.69 Å². The topological polar surface area (TPSA) is 63.9 Å². The van der Waals surface area contributed by atoms with Gasteiger partial charge in [0, 0.05) is 11.1 Å². The van der Waals surface area contributed by atoms with Gasteiger partial charge < -0.3 is 10.5 Å². The van der Waals surface area contributed by atoms with Gasteiger partial charge in [0.25, 0.3) is 0 Å². The van der Waals surface area contributed by atoms with Crippen LogP contribution >= 0.6 is 0 Å². The van der Waals surface area contributed by atoms with Crippen molar-refractivity contribution in [2.45, 2.75) is 26.4 Å². The van der Waals surface area contributed by atoms with Crippen LogP contribution in [0.3, 0.4) is 0 Å². The van der Waals surface area contributed by atoms with E-state index >= 15 is 0 Å². The predicted molar refractivity (Wildman–Crippen MR) is 69.1 cm³/mol. The largest absolute Gasteiger partial charge is 0.434 e. The van der Waals surface area contributed by atoms with Gasteiger partial charge in [-0.2, -0.15) is 13.9 Å². The van der Waals surface area contributed by atoms with Gasteiger partial charge >= 0.3 is 6.61 Å². The van der Waals surface area contributed by atoms with Crippen LogP contribution in [0.5, 0.6) is 5.75 Å². The molecule has 0 saturated carbocycles. The van der Waals surface area contributed by atoms with E-state index in [1.807, 2.05) is 6.92 Å². The summed E-state index contributed by atoms with van der Waals surface area (Å²) in [6.07, 6.45) is 1.61. The Morgan fingerprint density at radius 1 is 1.37 bits per heavy atom. The second-order valence-electron chi connectivity index (χ2n) is 4.09. The minimum Gasteiger partial charge on any atom is -0.434 e. The maximum absolute atomic E-state index is 12.4. The zero-order valence-electron chi connectivity index (χ0n) is 10.5. The van der Waals surface area contributed by atoms with Crippen molar-refractivity contribution in [3.05, 3.63) is 29.8 Å². The number of rotatable bonds is 5. The molecule has 0 fully saturated rings. The number of para-hydroxylation sites is 1. The van der Waals surface area contributed by atoms with Gasteiger partial charge in [-0.15, -0.1) is 0 Å². The number of aromatic amines is 1. The lowest BCUT2D eigenvalue weighted by Gasteiger charge is -2.10. The molecule has 4 nitrogen and oxygen atoms in total. The number of ether oxygens (including phenoxy) is 1. The Morgan fingerprint density at radius 3 is 2.79 bits per heavy atom. The lowest BCUT2D eigenvalue weighted by atomic mass is 10.0. The number of hydrogen-bond acceptors (Lipinski definition) is 3. The van der Waals surface area contributed by atoms with Crippen molar-refractivity contribution in [3.63, 3.8) is 0 Å². The van der Waals surface area contributed by atoms with Crippen LogP contribution in [-0.4, -0.2) is 16.8 Å². The summed E-state index contributed by atoms with van der Waals surface area (Å²) in [5.74, 6) is 0.502. The molecule has 0 atom stereocenters. The second kappa shape index (κ2) is 5.69. The van der Waals surface area contributed by atoms with Gasteiger partial charge in [-0.25, -0.2) is 0 Å². The summed E-state index contributed by atoms with van der Waals surface area (Å²) in [5.41, 5.74) is 7.78. The zero-order chi connectivity index (χ0) is 13.8. The highest BCUT2D eigenvalue weighted by atomic mass is 19.3. The fourth-order valence-corrected chi connectivity index (χ4v) is 1.98. The maximum Gasteiger partial charge on any atom is 0.387 e. The van der Waals surface area contributed by atoms with Crippen molar-refractivity contribution in [1.29, 1.82) is 0 Å². The number of aromatic nitrogens is 2. The summed E-state index contributed by atoms with van der Waals surface area (Å²) in [5, 5.41) is 6.73. The average Bonchev–Trinajstić information content (AvgIpc) is 2.72. The van der Waals surface area contributed by atoms with Crippen LogP contribution in [0.1, 0.15) is 18.9 Å². The molecule has 1 aromatic carbocycles. The lowest BCUT2D eigenvalue weighted by Crippen LogP contribution is -2.03. The number of nitrogen functional groups attached to an aromatic ring is 1. The molecule has 0 aliphatic carbocycles. The van der Waals surface area contributed by atoms with Crippen LogP contribution in [-0.2, 0) is 6.42 Å². The van der Waals surface area contributed by atoms with E-state index in [1.165, 1.54) is 6.07 Å². The van der Waals surface area contributed by atoms with Crippen molar-refractivity contribution in [2.75, 3.05) is 5.73 Å². The molecule has 2 rings (SSSR count). The maximum atomic E-state index is 12.4. The molecule has 0 spiro atoms. The summed E-state index contributed by atoms with van der Waals surface area (Å²) in [6, 6.07) is 6.58. The normalized spacial score (nSPS) is 10.9. The lowest BCUT2D eigenvalue weighted by molar-refractivity contribution is -0.0494. The Labute approximate surface area is 109 Å². The number of nitrogens with zero attached hydrogens (tertiary/aromatic N) is 1. The van der Waals surface area contributed by atoms with Gasteiger partial charge in [0.2, 0.25) is 0 Å². The van der Waals surface area contributed by atoms with Crippen LogP contribution in [0.15, 0.2) is 24.3 Å². The molecule has 2 aromatic rings. The standard InChI is InChI=1S/C13H15F2N3O/c1-2-5-9-11(17-18-12(9)16)8-6-3-4-7-10(8)19-13(14)15/h3-4,6-7,13H,2,5H2,1H3,(H3,16,17,18). The Balaban J connectivity index is 2.46. The van der Waals surface area contributed by atoms with Crippen LogP contribution in [0.4, 0.5) is 14.6 Å². The molecular weight excluding hydrogens is 252 g/mol. The van der Waals surface area contributed by atoms with Gasteiger partial charge in [-0.1, -0.05) is 25.5 Å². The first kappa shape index (κ1) is 13.3. The van der Waals surface area contributed by atoms with E-state index in [-0.39, 0.29) is 5.75 Å². The van der Waals surface area contributed by atoms with Crippen molar-refractivity contribution >= 4 is 5.82 Å². The Hall–Kier alpha value is -2.11. The summed E-state index contributed by atoms with van der Waals surface area (Å²) < 4.78 is 29.3. The minimum atomic E-state index is -2.86. The van der Waals surface area contributed by atoms with Crippen molar-refractivity contribution in [2.24, 2.45) is 0 Å². The molecule has 0 radical (unpaired) electrons. The first-order chi connectivity index (χ1) is 9.13. The number of H-pyrrole nitrogens is 1. The fraction of sp³-hybridized carbons (Fsp3) is 0.308. The number of halogens is 2. The van der Waals surface area contributed by atoms with E-state index in [2.05, 4.69) is 14.9 Å². The van der Waals surface area contributed by atoms with Crippen LogP contribution in [0.25, 0.3) is 11.3 Å². The van der Waals surface area contributed by atoms with E-state index in [4.69, 9.17) is 5.73 Å². The molecule has 0 aliphatic heterocycles. The summed E-state index contributed by atoms with van der Waals surface area (Å²) >= 11 is 0. The number of anilines is 1. The third kappa shape index (κ3) is 2.83. The highest BCUT2D eigenvalue weighted by Crippen LogP contribution is 2.34. The quantitative estimate of drug-likeness (QED) is 0.874. The molecular formula is C13H15F2N3O. The number of benzene rings is 1. The highest BCUT2D eigenvalue weighted by molar-refractivity contribution is 5.73. The smallest absolute Gasteiger partial charge is 0.387 e. The molecule has 6 heteroatoms. The van der Waals surface area contributed by atoms with Crippen LogP contribution < -0.4 is 10.5 Å². The highest BCUT2D eigenvalue weighted by Gasteiger charge is 2.17. The van der Waals surface area contributed by atoms with Gasteiger partial charge in [-0.05, 0) is 18.6 Å². The second-order valence-corrected chi connectivity index (χ2v) is 4.09. The van der Waals surface area contributed by atoms with Crippen molar-refractivity contribution in [1.82, 2.24) is 10.2 Å². The zero-order valence-corrected chi connectivity index (χ0v) is 10.5. The molecule has 0 unspecified atom stereocenters. The van der Waals surface area contributed by atoms with Gasteiger partial charge in [0.1, 0.15) is 11.6 Å². The van der Waals surface area contributed by atoms with E-state index in [0.29, 0.717) is 17.1 Å². The molecule has 0 bridgehead atoms. The molecule has 1 aromatic heterocycles. The predicted octanol–water partition coefficient (Wildman–Crippen LogP) is 3.21. The third-order valence-electron chi connectivity index (χ3n) is 2.77. The number of nitrogens with one attached hydrogen (secondary N) is 1. The summed E-state index contributed by atoms with van der Waals surface area (Å²) in [6.45, 7) is -0.853. The first-order valence-electron chi connectivity index (χ1n) is 6.00. The Bertz CT molecular complexity index is 555. The number of alkyl halides is 2. The van der Waals surface area contributed by atoms with E-state index in [0.717, 1.165) is 18.4 Å². The third-order valence-corrected chi connectivity index (χ3v) is 2.77.